The maximum atomic E-state index is 13.1. The highest BCUT2D eigenvalue weighted by molar-refractivity contribution is 7.93. The number of nitrogens with zero attached hydrogens (tertiary/aromatic N) is 1. The zero-order chi connectivity index (χ0) is 21.5. The SMILES string of the molecule is CCOC(=O)c1c(NS(=O)(=O)c2ccc3c(c2)sc(=O)n3CC)sc2c1CCCC2. The second kappa shape index (κ2) is 8.16. The Morgan fingerprint density at radius 3 is 2.70 bits per heavy atom. The summed E-state index contributed by atoms with van der Waals surface area (Å²) in [6.45, 7) is 4.34. The Morgan fingerprint density at radius 1 is 1.20 bits per heavy atom. The Kier molecular flexibility index (Phi) is 5.73. The van der Waals surface area contributed by atoms with Gasteiger partial charge in [-0.25, -0.2) is 13.2 Å². The van der Waals surface area contributed by atoms with Crippen molar-refractivity contribution in [3.05, 3.63) is 43.9 Å². The lowest BCUT2D eigenvalue weighted by Crippen LogP contribution is -2.16. The van der Waals surface area contributed by atoms with Crippen molar-refractivity contribution < 1.29 is 17.9 Å². The minimum atomic E-state index is -3.94. The topological polar surface area (TPSA) is 94.5 Å². The smallest absolute Gasteiger partial charge is 0.341 e. The highest BCUT2D eigenvalue weighted by Gasteiger charge is 2.29. The summed E-state index contributed by atoms with van der Waals surface area (Å²) in [5.74, 6) is -0.497. The molecular weight excluding hydrogens is 444 g/mol. The molecule has 7 nitrogen and oxygen atoms in total. The van der Waals surface area contributed by atoms with Gasteiger partial charge in [-0.3, -0.25) is 14.1 Å². The van der Waals surface area contributed by atoms with Gasteiger partial charge in [0, 0.05) is 11.4 Å². The number of esters is 1. The number of sulfonamides is 1. The molecular formula is C20H22N2O5S3. The van der Waals surface area contributed by atoms with Gasteiger partial charge >= 0.3 is 10.8 Å². The van der Waals surface area contributed by atoms with E-state index in [0.29, 0.717) is 27.3 Å². The van der Waals surface area contributed by atoms with Gasteiger partial charge in [-0.1, -0.05) is 11.3 Å². The first-order chi connectivity index (χ1) is 14.4. The van der Waals surface area contributed by atoms with Crippen LogP contribution in [0.1, 0.15) is 47.5 Å². The average molecular weight is 467 g/mol. The molecule has 0 saturated heterocycles. The molecule has 0 fully saturated rings. The van der Waals surface area contributed by atoms with Crippen LogP contribution in [-0.4, -0.2) is 25.6 Å². The molecule has 1 aliphatic carbocycles. The van der Waals surface area contributed by atoms with Crippen LogP contribution in [0, 0.1) is 0 Å². The highest BCUT2D eigenvalue weighted by Crippen LogP contribution is 2.39. The van der Waals surface area contributed by atoms with Crippen molar-refractivity contribution in [2.24, 2.45) is 0 Å². The first kappa shape index (κ1) is 21.1. The van der Waals surface area contributed by atoms with E-state index in [0.717, 1.165) is 47.5 Å². The minimum absolute atomic E-state index is 0.0562. The molecule has 0 radical (unpaired) electrons. The predicted octanol–water partition coefficient (Wildman–Crippen LogP) is 4.00. The molecule has 0 atom stereocenters. The molecule has 2 heterocycles. The number of fused-ring (bicyclic) bond motifs is 2. The molecule has 0 saturated carbocycles. The number of hydrogen-bond acceptors (Lipinski definition) is 7. The fourth-order valence-electron chi connectivity index (χ4n) is 3.75. The third-order valence-corrected chi connectivity index (χ3v) is 8.77. The second-order valence-corrected chi connectivity index (χ2v) is 10.8. The Balaban J connectivity index is 1.75. The summed E-state index contributed by atoms with van der Waals surface area (Å²) in [6.07, 6.45) is 3.56. The lowest BCUT2D eigenvalue weighted by Gasteiger charge is -2.12. The molecule has 0 bridgehead atoms. The van der Waals surface area contributed by atoms with Gasteiger partial charge in [0.25, 0.3) is 10.0 Å². The number of hydrogen-bond donors (Lipinski definition) is 1. The van der Waals surface area contributed by atoms with Crippen LogP contribution in [0.2, 0.25) is 0 Å². The van der Waals surface area contributed by atoms with E-state index in [1.54, 1.807) is 17.6 Å². The molecule has 0 aliphatic heterocycles. The third-order valence-electron chi connectivity index (χ3n) is 5.14. The van der Waals surface area contributed by atoms with Gasteiger partial charge in [0.15, 0.2) is 0 Å². The van der Waals surface area contributed by atoms with E-state index in [9.17, 15) is 18.0 Å². The second-order valence-electron chi connectivity index (χ2n) is 6.98. The van der Waals surface area contributed by atoms with Crippen molar-refractivity contribution in [1.82, 2.24) is 4.57 Å². The van der Waals surface area contributed by atoms with Gasteiger partial charge in [-0.2, -0.15) is 0 Å². The summed E-state index contributed by atoms with van der Waals surface area (Å²) in [4.78, 5) is 25.6. The Labute approximate surface area is 182 Å². The number of aryl methyl sites for hydroxylation is 2. The number of ether oxygens (including phenoxy) is 1. The monoisotopic (exact) mass is 466 g/mol. The molecule has 30 heavy (non-hydrogen) atoms. The molecule has 0 amide bonds. The van der Waals surface area contributed by atoms with Crippen molar-refractivity contribution >= 4 is 53.9 Å². The molecule has 3 aromatic rings. The van der Waals surface area contributed by atoms with Gasteiger partial charge in [-0.05, 0) is 63.3 Å². The van der Waals surface area contributed by atoms with Crippen LogP contribution >= 0.6 is 22.7 Å². The van der Waals surface area contributed by atoms with E-state index >= 15 is 0 Å². The Bertz CT molecular complexity index is 1280. The van der Waals surface area contributed by atoms with Gasteiger partial charge in [0.05, 0.1) is 27.3 Å². The molecule has 0 spiro atoms. The third kappa shape index (κ3) is 3.67. The van der Waals surface area contributed by atoms with Crippen molar-refractivity contribution in [2.75, 3.05) is 11.3 Å². The summed E-state index contributed by atoms with van der Waals surface area (Å²) in [7, 11) is -3.94. The molecule has 1 aliphatic rings. The molecule has 4 rings (SSSR count). The number of anilines is 1. The van der Waals surface area contributed by atoms with Crippen molar-refractivity contribution in [3.8, 4) is 0 Å². The van der Waals surface area contributed by atoms with Gasteiger partial charge < -0.3 is 4.74 Å². The van der Waals surface area contributed by atoms with Crippen LogP contribution in [0.15, 0.2) is 27.9 Å². The quantitative estimate of drug-likeness (QED) is 0.554. The van der Waals surface area contributed by atoms with Crippen molar-refractivity contribution in [2.45, 2.75) is 51.0 Å². The zero-order valence-corrected chi connectivity index (χ0v) is 19.1. The van der Waals surface area contributed by atoms with E-state index in [2.05, 4.69) is 4.72 Å². The number of carbonyl (C=O) groups excluding carboxylic acids is 1. The van der Waals surface area contributed by atoms with Crippen molar-refractivity contribution in [3.63, 3.8) is 0 Å². The number of thiophene rings is 1. The molecule has 1 N–H and O–H groups in total. The average Bonchev–Trinajstić information content (AvgIpc) is 3.22. The summed E-state index contributed by atoms with van der Waals surface area (Å²) < 4.78 is 36.3. The van der Waals surface area contributed by atoms with Crippen LogP contribution < -0.4 is 9.60 Å². The first-order valence-electron chi connectivity index (χ1n) is 9.83. The summed E-state index contributed by atoms with van der Waals surface area (Å²) in [5, 5.41) is 0.305. The number of benzene rings is 1. The maximum Gasteiger partial charge on any atom is 0.341 e. The Morgan fingerprint density at radius 2 is 1.97 bits per heavy atom. The number of aromatic nitrogens is 1. The molecule has 10 heteroatoms. The summed E-state index contributed by atoms with van der Waals surface area (Å²) in [6, 6.07) is 4.64. The van der Waals surface area contributed by atoms with E-state index in [-0.39, 0.29) is 16.4 Å². The zero-order valence-electron chi connectivity index (χ0n) is 16.7. The van der Waals surface area contributed by atoms with E-state index < -0.39 is 16.0 Å². The largest absolute Gasteiger partial charge is 0.462 e. The minimum Gasteiger partial charge on any atom is -0.462 e. The standard InChI is InChI=1S/C20H22N2O5S3/c1-3-22-14-10-9-12(11-16(14)29-20(22)24)30(25,26)21-18-17(19(23)27-4-2)13-7-5-6-8-15(13)28-18/h9-11,21H,3-8H2,1-2H3. The predicted molar refractivity (Wildman–Crippen MR) is 119 cm³/mol. The van der Waals surface area contributed by atoms with Gasteiger partial charge in [-0.15, -0.1) is 11.3 Å². The molecule has 1 aromatic carbocycles. The summed E-state index contributed by atoms with van der Waals surface area (Å²) in [5.41, 5.74) is 1.95. The maximum absolute atomic E-state index is 13.1. The lowest BCUT2D eigenvalue weighted by atomic mass is 9.95. The van der Waals surface area contributed by atoms with Crippen molar-refractivity contribution in [1.29, 1.82) is 0 Å². The first-order valence-corrected chi connectivity index (χ1v) is 12.9. The fourth-order valence-corrected chi connectivity index (χ4v) is 7.43. The Hall–Kier alpha value is -2.17. The molecule has 160 valence electrons. The van der Waals surface area contributed by atoms with E-state index in [1.165, 1.54) is 23.5 Å². The number of carbonyl (C=O) groups is 1. The fraction of sp³-hybridized carbons (Fsp3) is 0.400. The number of thiazole rings is 1. The highest BCUT2D eigenvalue weighted by atomic mass is 32.2. The molecule has 0 unspecified atom stereocenters. The van der Waals surface area contributed by atoms with Gasteiger partial charge in [0.2, 0.25) is 0 Å². The van der Waals surface area contributed by atoms with Crippen LogP contribution in [0.4, 0.5) is 5.00 Å². The van der Waals surface area contributed by atoms with Crippen LogP contribution in [0.3, 0.4) is 0 Å². The molecule has 2 aromatic heterocycles. The van der Waals surface area contributed by atoms with E-state index in [4.69, 9.17) is 4.74 Å². The lowest BCUT2D eigenvalue weighted by molar-refractivity contribution is 0.0526. The number of nitrogens with one attached hydrogen (secondary N) is 1. The normalized spacial score (nSPS) is 13.9. The van der Waals surface area contributed by atoms with Crippen LogP contribution in [0.5, 0.6) is 0 Å². The van der Waals surface area contributed by atoms with E-state index in [1.807, 2.05) is 6.92 Å². The number of rotatable bonds is 6. The van der Waals surface area contributed by atoms with Gasteiger partial charge in [0.1, 0.15) is 5.00 Å². The van der Waals surface area contributed by atoms with Crippen LogP contribution in [-0.2, 0) is 34.1 Å². The van der Waals surface area contributed by atoms with Crippen LogP contribution in [0.25, 0.3) is 10.2 Å². The summed E-state index contributed by atoms with van der Waals surface area (Å²) >= 11 is 2.33.